The van der Waals surface area contributed by atoms with Crippen molar-refractivity contribution in [1.82, 2.24) is 10.3 Å². The van der Waals surface area contributed by atoms with Crippen molar-refractivity contribution in [2.24, 2.45) is 0 Å². The van der Waals surface area contributed by atoms with Gasteiger partial charge in [0.1, 0.15) is 5.60 Å². The molecule has 1 aromatic heterocycles. The van der Waals surface area contributed by atoms with Gasteiger partial charge in [0.15, 0.2) is 0 Å². The Bertz CT molecular complexity index is 316. The number of morpholine rings is 1. The number of hydrogen-bond donors (Lipinski definition) is 1. The van der Waals surface area contributed by atoms with Crippen LogP contribution in [0.4, 0.5) is 0 Å². The van der Waals surface area contributed by atoms with Crippen LogP contribution >= 0.6 is 11.3 Å². The maximum atomic E-state index is 5.88. The first-order valence-electron chi connectivity index (χ1n) is 4.90. The number of hydrogen-bond acceptors (Lipinski definition) is 4. The van der Waals surface area contributed by atoms with Gasteiger partial charge in [-0.15, -0.1) is 11.3 Å². The lowest BCUT2D eigenvalue weighted by atomic mass is 10.0. The standard InChI is InChI=1S/C10H16N2OS/c1-7-5-13-10(3,6-12-7)9-4-11-8(2)14-9/h4,7,12H,5-6H2,1-3H3. The monoisotopic (exact) mass is 212 g/mol. The van der Waals surface area contributed by atoms with Gasteiger partial charge >= 0.3 is 0 Å². The fourth-order valence-corrected chi connectivity index (χ4v) is 2.43. The molecule has 1 aliphatic heterocycles. The van der Waals surface area contributed by atoms with E-state index in [4.69, 9.17) is 4.74 Å². The predicted molar refractivity (Wildman–Crippen MR) is 57.6 cm³/mol. The first-order chi connectivity index (χ1) is 6.60. The molecule has 0 radical (unpaired) electrons. The Labute approximate surface area is 88.5 Å². The summed E-state index contributed by atoms with van der Waals surface area (Å²) in [6, 6.07) is 0.456. The van der Waals surface area contributed by atoms with Crippen molar-refractivity contribution in [2.45, 2.75) is 32.4 Å². The zero-order chi connectivity index (χ0) is 10.2. The Hall–Kier alpha value is -0.450. The molecule has 4 heteroatoms. The molecule has 1 fully saturated rings. The number of nitrogens with zero attached hydrogens (tertiary/aromatic N) is 1. The fraction of sp³-hybridized carbons (Fsp3) is 0.700. The zero-order valence-corrected chi connectivity index (χ0v) is 9.65. The molecule has 0 saturated carbocycles. The van der Waals surface area contributed by atoms with Gasteiger partial charge in [0.25, 0.3) is 0 Å². The van der Waals surface area contributed by atoms with Gasteiger partial charge in [-0.3, -0.25) is 0 Å². The van der Waals surface area contributed by atoms with Gasteiger partial charge in [-0.1, -0.05) is 0 Å². The molecule has 0 bridgehead atoms. The van der Waals surface area contributed by atoms with E-state index in [9.17, 15) is 0 Å². The zero-order valence-electron chi connectivity index (χ0n) is 8.83. The highest BCUT2D eigenvalue weighted by molar-refractivity contribution is 7.11. The average Bonchev–Trinajstić information content (AvgIpc) is 2.58. The van der Waals surface area contributed by atoms with E-state index in [1.807, 2.05) is 13.1 Å². The van der Waals surface area contributed by atoms with Crippen molar-refractivity contribution < 1.29 is 4.74 Å². The Morgan fingerprint density at radius 1 is 1.71 bits per heavy atom. The molecule has 1 aromatic rings. The molecule has 0 aromatic carbocycles. The van der Waals surface area contributed by atoms with Gasteiger partial charge in [0.2, 0.25) is 0 Å². The molecule has 1 saturated heterocycles. The second kappa shape index (κ2) is 3.61. The lowest BCUT2D eigenvalue weighted by Gasteiger charge is -2.36. The van der Waals surface area contributed by atoms with E-state index in [1.54, 1.807) is 11.3 Å². The topological polar surface area (TPSA) is 34.2 Å². The van der Waals surface area contributed by atoms with E-state index < -0.39 is 0 Å². The van der Waals surface area contributed by atoms with Crippen molar-refractivity contribution in [1.29, 1.82) is 0 Å². The van der Waals surface area contributed by atoms with E-state index in [-0.39, 0.29) is 5.60 Å². The third-order valence-corrected chi connectivity index (χ3v) is 3.74. The maximum Gasteiger partial charge on any atom is 0.113 e. The maximum absolute atomic E-state index is 5.88. The van der Waals surface area contributed by atoms with E-state index in [0.717, 1.165) is 18.2 Å². The molecule has 2 atom stereocenters. The van der Waals surface area contributed by atoms with Crippen LogP contribution in [0.25, 0.3) is 0 Å². The minimum absolute atomic E-state index is 0.182. The molecule has 0 amide bonds. The van der Waals surface area contributed by atoms with Crippen molar-refractivity contribution in [3.05, 3.63) is 16.1 Å². The summed E-state index contributed by atoms with van der Waals surface area (Å²) < 4.78 is 5.88. The number of thiazole rings is 1. The first-order valence-corrected chi connectivity index (χ1v) is 5.72. The molecule has 1 aliphatic rings. The van der Waals surface area contributed by atoms with Gasteiger partial charge in [-0.25, -0.2) is 4.98 Å². The van der Waals surface area contributed by atoms with Crippen LogP contribution in [0, 0.1) is 6.92 Å². The highest BCUT2D eigenvalue weighted by atomic mass is 32.1. The van der Waals surface area contributed by atoms with Crippen LogP contribution in [0.1, 0.15) is 23.7 Å². The van der Waals surface area contributed by atoms with Gasteiger partial charge in [-0.05, 0) is 20.8 Å². The van der Waals surface area contributed by atoms with Crippen LogP contribution in [0.2, 0.25) is 0 Å². The summed E-state index contributed by atoms with van der Waals surface area (Å²) in [5.74, 6) is 0. The molecule has 2 rings (SSSR count). The van der Waals surface area contributed by atoms with Gasteiger partial charge < -0.3 is 10.1 Å². The molecule has 2 unspecified atom stereocenters. The molecule has 0 spiro atoms. The number of ether oxygens (including phenoxy) is 1. The van der Waals surface area contributed by atoms with E-state index in [0.29, 0.717) is 6.04 Å². The van der Waals surface area contributed by atoms with Crippen LogP contribution < -0.4 is 5.32 Å². The molecule has 14 heavy (non-hydrogen) atoms. The summed E-state index contributed by atoms with van der Waals surface area (Å²) in [6.07, 6.45) is 1.93. The molecule has 2 heterocycles. The minimum atomic E-state index is -0.182. The highest BCUT2D eigenvalue weighted by Crippen LogP contribution is 2.31. The number of nitrogens with one attached hydrogen (secondary N) is 1. The number of aryl methyl sites for hydroxylation is 1. The second-order valence-electron chi connectivity index (χ2n) is 4.07. The molecule has 0 aliphatic carbocycles. The number of rotatable bonds is 1. The van der Waals surface area contributed by atoms with Crippen LogP contribution in [-0.2, 0) is 10.3 Å². The third-order valence-electron chi connectivity index (χ3n) is 2.58. The Morgan fingerprint density at radius 2 is 2.50 bits per heavy atom. The van der Waals surface area contributed by atoms with Gasteiger partial charge in [0, 0.05) is 18.8 Å². The molecular formula is C10H16N2OS. The van der Waals surface area contributed by atoms with Crippen molar-refractivity contribution in [3.63, 3.8) is 0 Å². The van der Waals surface area contributed by atoms with E-state index in [2.05, 4.69) is 24.1 Å². The summed E-state index contributed by atoms with van der Waals surface area (Å²) in [5.41, 5.74) is -0.182. The summed E-state index contributed by atoms with van der Waals surface area (Å²) in [6.45, 7) is 7.93. The van der Waals surface area contributed by atoms with Gasteiger partial charge in [-0.2, -0.15) is 0 Å². The smallest absolute Gasteiger partial charge is 0.113 e. The van der Waals surface area contributed by atoms with Crippen molar-refractivity contribution in [2.75, 3.05) is 13.2 Å². The Kier molecular flexibility index (Phi) is 2.60. The van der Waals surface area contributed by atoms with Crippen LogP contribution in [0.3, 0.4) is 0 Å². The largest absolute Gasteiger partial charge is 0.367 e. The van der Waals surface area contributed by atoms with Crippen LogP contribution in [0.5, 0.6) is 0 Å². The SMILES string of the molecule is Cc1ncc(C2(C)CNC(C)CO2)s1. The second-order valence-corrected chi connectivity index (χ2v) is 5.30. The Morgan fingerprint density at radius 3 is 3.00 bits per heavy atom. The fourth-order valence-electron chi connectivity index (χ4n) is 1.55. The normalized spacial score (nSPS) is 33.2. The lowest BCUT2D eigenvalue weighted by Crippen LogP contribution is -2.49. The summed E-state index contributed by atoms with van der Waals surface area (Å²) in [5, 5.41) is 4.53. The first kappa shape index (κ1) is 10.1. The molecule has 3 nitrogen and oxygen atoms in total. The summed E-state index contributed by atoms with van der Waals surface area (Å²) in [7, 11) is 0. The van der Waals surface area contributed by atoms with Crippen LogP contribution in [-0.4, -0.2) is 24.2 Å². The van der Waals surface area contributed by atoms with Crippen molar-refractivity contribution in [3.8, 4) is 0 Å². The Balaban J connectivity index is 2.16. The van der Waals surface area contributed by atoms with Gasteiger partial charge in [0.05, 0.1) is 16.5 Å². The summed E-state index contributed by atoms with van der Waals surface area (Å²) >= 11 is 1.72. The van der Waals surface area contributed by atoms with E-state index in [1.165, 1.54) is 4.88 Å². The predicted octanol–water partition coefficient (Wildman–Crippen LogP) is 1.68. The third kappa shape index (κ3) is 1.82. The minimum Gasteiger partial charge on any atom is -0.367 e. The quantitative estimate of drug-likeness (QED) is 0.769. The molecule has 78 valence electrons. The van der Waals surface area contributed by atoms with E-state index >= 15 is 0 Å². The summed E-state index contributed by atoms with van der Waals surface area (Å²) in [4.78, 5) is 5.48. The highest BCUT2D eigenvalue weighted by Gasteiger charge is 2.33. The lowest BCUT2D eigenvalue weighted by molar-refractivity contribution is -0.0705. The van der Waals surface area contributed by atoms with Crippen molar-refractivity contribution >= 4 is 11.3 Å². The average molecular weight is 212 g/mol. The number of aromatic nitrogens is 1. The van der Waals surface area contributed by atoms with Crippen LogP contribution in [0.15, 0.2) is 6.20 Å². The molecule has 1 N–H and O–H groups in total. The molecular weight excluding hydrogens is 196 g/mol.